The standard InChI is InChI=1S/C16H27O7P/c1-2-3-7-16(23-15-8-5-4-6-9-15)14-21-11-10-20-12-13-22-24(17,18)19/h4-6,8-9,16H,2-3,7,10-14H2,1H3,(H2,17,18,19). The van der Waals surface area contributed by atoms with Crippen LogP contribution in [0, 0.1) is 0 Å². The first kappa shape index (κ1) is 21.1. The number of hydrogen-bond acceptors (Lipinski definition) is 5. The zero-order chi connectivity index (χ0) is 17.7. The molecule has 0 saturated carbocycles. The third kappa shape index (κ3) is 11.6. The molecule has 1 rings (SSSR count). The van der Waals surface area contributed by atoms with Crippen LogP contribution < -0.4 is 4.74 Å². The van der Waals surface area contributed by atoms with Crippen LogP contribution in [-0.2, 0) is 18.6 Å². The number of ether oxygens (including phenoxy) is 3. The molecule has 0 saturated heterocycles. The maximum Gasteiger partial charge on any atom is 0.469 e. The van der Waals surface area contributed by atoms with E-state index in [0.717, 1.165) is 25.0 Å². The molecule has 1 aromatic carbocycles. The molecule has 138 valence electrons. The van der Waals surface area contributed by atoms with Gasteiger partial charge in [-0.1, -0.05) is 31.5 Å². The van der Waals surface area contributed by atoms with E-state index in [4.69, 9.17) is 24.0 Å². The van der Waals surface area contributed by atoms with Gasteiger partial charge in [0.2, 0.25) is 0 Å². The number of phosphoric ester groups is 1. The summed E-state index contributed by atoms with van der Waals surface area (Å²) in [6.45, 7) is 3.27. The fourth-order valence-corrected chi connectivity index (χ4v) is 2.26. The quantitative estimate of drug-likeness (QED) is 0.388. The van der Waals surface area contributed by atoms with Crippen molar-refractivity contribution in [3.63, 3.8) is 0 Å². The Labute approximate surface area is 143 Å². The van der Waals surface area contributed by atoms with Crippen LogP contribution in [0.5, 0.6) is 5.75 Å². The van der Waals surface area contributed by atoms with Crippen LogP contribution in [0.3, 0.4) is 0 Å². The predicted octanol–water partition coefficient (Wildman–Crippen LogP) is 2.77. The summed E-state index contributed by atoms with van der Waals surface area (Å²) in [6.07, 6.45) is 3.07. The molecule has 0 radical (unpaired) electrons. The van der Waals surface area contributed by atoms with Gasteiger partial charge >= 0.3 is 7.82 Å². The number of unbranched alkanes of at least 4 members (excludes halogenated alkanes) is 1. The molecule has 1 atom stereocenters. The number of rotatable bonds is 14. The van der Waals surface area contributed by atoms with Crippen LogP contribution in [0.15, 0.2) is 30.3 Å². The van der Waals surface area contributed by atoms with Crippen molar-refractivity contribution in [3.05, 3.63) is 30.3 Å². The van der Waals surface area contributed by atoms with E-state index in [2.05, 4.69) is 11.4 Å². The highest BCUT2D eigenvalue weighted by molar-refractivity contribution is 7.46. The fraction of sp³-hybridized carbons (Fsp3) is 0.625. The molecule has 0 spiro atoms. The highest BCUT2D eigenvalue weighted by Crippen LogP contribution is 2.35. The van der Waals surface area contributed by atoms with Gasteiger partial charge in [-0.2, -0.15) is 0 Å². The molecule has 7 nitrogen and oxygen atoms in total. The largest absolute Gasteiger partial charge is 0.488 e. The summed E-state index contributed by atoms with van der Waals surface area (Å²) in [6, 6.07) is 9.64. The molecule has 0 aliphatic heterocycles. The van der Waals surface area contributed by atoms with Gasteiger partial charge in [-0.25, -0.2) is 4.57 Å². The van der Waals surface area contributed by atoms with Crippen molar-refractivity contribution in [2.75, 3.05) is 33.0 Å². The summed E-state index contributed by atoms with van der Waals surface area (Å²) < 4.78 is 31.4. The van der Waals surface area contributed by atoms with Crippen LogP contribution in [0.4, 0.5) is 0 Å². The van der Waals surface area contributed by atoms with Gasteiger partial charge in [0, 0.05) is 0 Å². The van der Waals surface area contributed by atoms with Crippen LogP contribution in [-0.4, -0.2) is 48.9 Å². The minimum absolute atomic E-state index is 0.00894. The SMILES string of the molecule is CCCCC(COCCOCCOP(=O)(O)O)Oc1ccccc1. The van der Waals surface area contributed by atoms with Crippen molar-refractivity contribution < 1.29 is 33.1 Å². The van der Waals surface area contributed by atoms with E-state index < -0.39 is 7.82 Å². The molecule has 1 unspecified atom stereocenters. The zero-order valence-electron chi connectivity index (χ0n) is 14.0. The average molecular weight is 362 g/mol. The normalized spacial score (nSPS) is 13.0. The molecule has 1 aromatic rings. The smallest absolute Gasteiger partial charge is 0.469 e. The molecule has 0 aliphatic carbocycles. The zero-order valence-corrected chi connectivity index (χ0v) is 14.9. The Kier molecular flexibility index (Phi) is 10.9. The molecular formula is C16H27O7P. The monoisotopic (exact) mass is 362 g/mol. The minimum Gasteiger partial charge on any atom is -0.488 e. The van der Waals surface area contributed by atoms with Crippen molar-refractivity contribution in [2.24, 2.45) is 0 Å². The Morgan fingerprint density at radius 3 is 2.38 bits per heavy atom. The Morgan fingerprint density at radius 1 is 1.04 bits per heavy atom. The lowest BCUT2D eigenvalue weighted by atomic mass is 10.2. The Bertz CT molecular complexity index is 463. The molecule has 0 fully saturated rings. The van der Waals surface area contributed by atoms with Gasteiger partial charge in [0.1, 0.15) is 11.9 Å². The lowest BCUT2D eigenvalue weighted by molar-refractivity contribution is 0.00232. The predicted molar refractivity (Wildman–Crippen MR) is 90.0 cm³/mol. The van der Waals surface area contributed by atoms with Gasteiger partial charge in [-0.15, -0.1) is 0 Å². The van der Waals surface area contributed by atoms with Gasteiger partial charge in [-0.3, -0.25) is 4.52 Å². The second-order valence-corrected chi connectivity index (χ2v) is 6.45. The van der Waals surface area contributed by atoms with Gasteiger partial charge in [0.15, 0.2) is 0 Å². The van der Waals surface area contributed by atoms with Gasteiger partial charge in [-0.05, 0) is 25.0 Å². The van der Waals surface area contributed by atoms with Crippen molar-refractivity contribution in [1.82, 2.24) is 0 Å². The van der Waals surface area contributed by atoms with Crippen molar-refractivity contribution in [2.45, 2.75) is 32.3 Å². The van der Waals surface area contributed by atoms with Gasteiger partial charge < -0.3 is 24.0 Å². The molecule has 8 heteroatoms. The Morgan fingerprint density at radius 2 is 1.71 bits per heavy atom. The third-order valence-corrected chi connectivity index (χ3v) is 3.61. The summed E-state index contributed by atoms with van der Waals surface area (Å²) in [4.78, 5) is 17.0. The maximum absolute atomic E-state index is 10.5. The summed E-state index contributed by atoms with van der Waals surface area (Å²) in [5.74, 6) is 0.827. The molecule has 24 heavy (non-hydrogen) atoms. The van der Waals surface area contributed by atoms with Crippen molar-refractivity contribution in [1.29, 1.82) is 0 Å². The molecule has 0 aromatic heterocycles. The van der Waals surface area contributed by atoms with E-state index >= 15 is 0 Å². The number of para-hydroxylation sites is 1. The van der Waals surface area contributed by atoms with Crippen LogP contribution in [0.25, 0.3) is 0 Å². The lowest BCUT2D eigenvalue weighted by Gasteiger charge is -2.19. The minimum atomic E-state index is -4.41. The highest BCUT2D eigenvalue weighted by atomic mass is 31.2. The Hall–Kier alpha value is -0.950. The van der Waals surface area contributed by atoms with Crippen LogP contribution in [0.2, 0.25) is 0 Å². The fourth-order valence-electron chi connectivity index (χ4n) is 1.95. The third-order valence-electron chi connectivity index (χ3n) is 3.09. The molecule has 0 bridgehead atoms. The number of phosphoric acid groups is 1. The molecule has 0 aliphatic rings. The summed E-state index contributed by atoms with van der Waals surface area (Å²) in [5, 5.41) is 0. The van der Waals surface area contributed by atoms with E-state index in [0.29, 0.717) is 19.8 Å². The number of benzene rings is 1. The lowest BCUT2D eigenvalue weighted by Crippen LogP contribution is -2.24. The highest BCUT2D eigenvalue weighted by Gasteiger charge is 2.13. The number of hydrogen-bond donors (Lipinski definition) is 2. The van der Waals surface area contributed by atoms with Crippen molar-refractivity contribution in [3.8, 4) is 5.75 Å². The average Bonchev–Trinajstić information content (AvgIpc) is 2.54. The van der Waals surface area contributed by atoms with E-state index in [1.807, 2.05) is 30.3 Å². The van der Waals surface area contributed by atoms with Gasteiger partial charge in [0.05, 0.1) is 33.0 Å². The van der Waals surface area contributed by atoms with E-state index in [-0.39, 0.29) is 19.3 Å². The first-order valence-electron chi connectivity index (χ1n) is 8.08. The maximum atomic E-state index is 10.5. The topological polar surface area (TPSA) is 94.5 Å². The van der Waals surface area contributed by atoms with Crippen LogP contribution >= 0.6 is 7.82 Å². The van der Waals surface area contributed by atoms with Gasteiger partial charge in [0.25, 0.3) is 0 Å². The first-order valence-corrected chi connectivity index (χ1v) is 9.61. The second kappa shape index (κ2) is 12.4. The molecule has 2 N–H and O–H groups in total. The van der Waals surface area contributed by atoms with Crippen molar-refractivity contribution >= 4 is 7.82 Å². The summed E-state index contributed by atoms with van der Waals surface area (Å²) >= 11 is 0. The van der Waals surface area contributed by atoms with E-state index in [9.17, 15) is 4.57 Å². The molecular weight excluding hydrogens is 335 g/mol. The molecule has 0 heterocycles. The summed E-state index contributed by atoms with van der Waals surface area (Å²) in [5.41, 5.74) is 0. The second-order valence-electron chi connectivity index (χ2n) is 5.21. The van der Waals surface area contributed by atoms with E-state index in [1.54, 1.807) is 0 Å². The van der Waals surface area contributed by atoms with Crippen LogP contribution in [0.1, 0.15) is 26.2 Å². The van der Waals surface area contributed by atoms with E-state index in [1.165, 1.54) is 0 Å². The summed E-state index contributed by atoms with van der Waals surface area (Å²) in [7, 11) is -4.41. The molecule has 0 amide bonds. The Balaban J connectivity index is 2.15. The first-order chi connectivity index (χ1) is 11.5.